The molecule has 156 valence electrons. The fourth-order valence-corrected chi connectivity index (χ4v) is 4.99. The zero-order valence-corrected chi connectivity index (χ0v) is 17.2. The fourth-order valence-electron chi connectivity index (χ4n) is 4.99. The van der Waals surface area contributed by atoms with Gasteiger partial charge in [-0.1, -0.05) is 0 Å². The van der Waals surface area contributed by atoms with E-state index in [0.717, 1.165) is 48.7 Å². The van der Waals surface area contributed by atoms with Crippen molar-refractivity contribution in [3.8, 4) is 0 Å². The van der Waals surface area contributed by atoms with Gasteiger partial charge >= 0.3 is 0 Å². The van der Waals surface area contributed by atoms with Crippen LogP contribution in [0.3, 0.4) is 0 Å². The Morgan fingerprint density at radius 3 is 2.41 bits per heavy atom. The molecule has 0 spiro atoms. The van der Waals surface area contributed by atoms with Gasteiger partial charge in [-0.25, -0.2) is 0 Å². The number of fused-ring (bicyclic) bond motifs is 1. The van der Waals surface area contributed by atoms with Gasteiger partial charge in [-0.2, -0.15) is 5.10 Å². The summed E-state index contributed by atoms with van der Waals surface area (Å²) in [6, 6.07) is 3.76. The van der Waals surface area contributed by atoms with E-state index in [9.17, 15) is 9.59 Å². The SMILES string of the molecule is CN1CCC(C2CCN(C(=O)CCc3cc(C(N)=O)c4[nH]ncc4c3)CC2)CC1. The summed E-state index contributed by atoms with van der Waals surface area (Å²) in [7, 11) is 2.20. The van der Waals surface area contributed by atoms with Crippen LogP contribution < -0.4 is 5.73 Å². The Bertz CT molecular complexity index is 876. The molecule has 3 N–H and O–H groups in total. The Labute approximate surface area is 171 Å². The van der Waals surface area contributed by atoms with Crippen LogP contribution >= 0.6 is 0 Å². The molecule has 0 aliphatic carbocycles. The topological polar surface area (TPSA) is 95.3 Å². The van der Waals surface area contributed by atoms with Crippen molar-refractivity contribution in [1.82, 2.24) is 20.0 Å². The van der Waals surface area contributed by atoms with Gasteiger partial charge in [0.25, 0.3) is 5.91 Å². The highest BCUT2D eigenvalue weighted by Gasteiger charge is 2.30. The molecule has 2 amide bonds. The number of hydrogen-bond acceptors (Lipinski definition) is 4. The maximum Gasteiger partial charge on any atom is 0.250 e. The molecule has 7 heteroatoms. The molecule has 2 aliphatic heterocycles. The van der Waals surface area contributed by atoms with Crippen molar-refractivity contribution in [3.05, 3.63) is 29.5 Å². The Morgan fingerprint density at radius 2 is 1.76 bits per heavy atom. The van der Waals surface area contributed by atoms with Gasteiger partial charge in [0.2, 0.25) is 5.91 Å². The Kier molecular flexibility index (Phi) is 5.85. The number of likely N-dealkylation sites (tertiary alicyclic amines) is 2. The lowest BCUT2D eigenvalue weighted by molar-refractivity contribution is -0.132. The monoisotopic (exact) mass is 397 g/mol. The quantitative estimate of drug-likeness (QED) is 0.808. The number of carbonyl (C=O) groups is 2. The third kappa shape index (κ3) is 4.45. The predicted octanol–water partition coefficient (Wildman–Crippen LogP) is 2.17. The molecular weight excluding hydrogens is 366 g/mol. The molecule has 1 aromatic heterocycles. The summed E-state index contributed by atoms with van der Waals surface area (Å²) in [5.41, 5.74) is 7.53. The summed E-state index contributed by atoms with van der Waals surface area (Å²) < 4.78 is 0. The number of benzene rings is 1. The molecule has 0 atom stereocenters. The first-order valence-electron chi connectivity index (χ1n) is 10.7. The molecule has 0 bridgehead atoms. The van der Waals surface area contributed by atoms with Crippen molar-refractivity contribution in [2.75, 3.05) is 33.2 Å². The van der Waals surface area contributed by atoms with Gasteiger partial charge < -0.3 is 15.5 Å². The number of amides is 2. The largest absolute Gasteiger partial charge is 0.366 e. The van der Waals surface area contributed by atoms with E-state index in [2.05, 4.69) is 22.1 Å². The highest BCUT2D eigenvalue weighted by Crippen LogP contribution is 2.32. The highest BCUT2D eigenvalue weighted by atomic mass is 16.2. The number of aromatic nitrogens is 2. The summed E-state index contributed by atoms with van der Waals surface area (Å²) in [6.07, 6.45) is 7.61. The molecule has 4 rings (SSSR count). The Morgan fingerprint density at radius 1 is 1.10 bits per heavy atom. The third-order valence-corrected chi connectivity index (χ3v) is 6.82. The molecule has 3 heterocycles. The van der Waals surface area contributed by atoms with Gasteiger partial charge in [0, 0.05) is 24.9 Å². The number of rotatable bonds is 5. The first-order chi connectivity index (χ1) is 14.0. The Balaban J connectivity index is 1.30. The minimum absolute atomic E-state index is 0.208. The van der Waals surface area contributed by atoms with Gasteiger partial charge in [0.15, 0.2) is 0 Å². The molecule has 0 radical (unpaired) electrons. The fraction of sp³-hybridized carbons (Fsp3) is 0.591. The normalized spacial score (nSPS) is 19.7. The average molecular weight is 398 g/mol. The molecule has 2 fully saturated rings. The van der Waals surface area contributed by atoms with E-state index in [1.807, 2.05) is 11.0 Å². The van der Waals surface area contributed by atoms with Gasteiger partial charge in [-0.15, -0.1) is 0 Å². The molecule has 2 aliphatic rings. The number of aromatic amines is 1. The van der Waals surface area contributed by atoms with Gasteiger partial charge in [0.05, 0.1) is 17.3 Å². The summed E-state index contributed by atoms with van der Waals surface area (Å²) in [5, 5.41) is 7.66. The molecule has 29 heavy (non-hydrogen) atoms. The van der Waals surface area contributed by atoms with E-state index in [4.69, 9.17) is 5.73 Å². The number of nitrogens with zero attached hydrogens (tertiary/aromatic N) is 3. The van der Waals surface area contributed by atoms with Crippen LogP contribution in [0.5, 0.6) is 0 Å². The van der Waals surface area contributed by atoms with E-state index < -0.39 is 5.91 Å². The number of H-pyrrole nitrogens is 1. The van der Waals surface area contributed by atoms with Gasteiger partial charge in [-0.3, -0.25) is 14.7 Å². The minimum atomic E-state index is -0.483. The van der Waals surface area contributed by atoms with Gasteiger partial charge in [-0.05, 0) is 81.8 Å². The second kappa shape index (κ2) is 8.53. The molecule has 0 unspecified atom stereocenters. The maximum absolute atomic E-state index is 12.7. The lowest BCUT2D eigenvalue weighted by atomic mass is 9.79. The number of aryl methyl sites for hydroxylation is 1. The van der Waals surface area contributed by atoms with Crippen molar-refractivity contribution < 1.29 is 9.59 Å². The molecular formula is C22H31N5O2. The number of hydrogen-bond donors (Lipinski definition) is 2. The number of nitrogens with one attached hydrogen (secondary N) is 1. The van der Waals surface area contributed by atoms with E-state index >= 15 is 0 Å². The zero-order chi connectivity index (χ0) is 20.4. The number of nitrogens with two attached hydrogens (primary N) is 1. The molecule has 2 saturated heterocycles. The first kappa shape index (κ1) is 19.9. The average Bonchev–Trinajstić information content (AvgIpc) is 3.20. The van der Waals surface area contributed by atoms with Crippen LogP contribution in [0, 0.1) is 11.8 Å². The number of primary amides is 1. The van der Waals surface area contributed by atoms with Crippen molar-refractivity contribution in [2.24, 2.45) is 17.6 Å². The van der Waals surface area contributed by atoms with Crippen molar-refractivity contribution >= 4 is 22.7 Å². The summed E-state index contributed by atoms with van der Waals surface area (Å²) in [4.78, 5) is 28.9. The second-order valence-electron chi connectivity index (χ2n) is 8.70. The van der Waals surface area contributed by atoms with E-state index in [-0.39, 0.29) is 5.91 Å². The second-order valence-corrected chi connectivity index (χ2v) is 8.70. The van der Waals surface area contributed by atoms with Crippen LogP contribution in [0.25, 0.3) is 10.9 Å². The smallest absolute Gasteiger partial charge is 0.250 e. The molecule has 7 nitrogen and oxygen atoms in total. The molecule has 2 aromatic rings. The van der Waals surface area contributed by atoms with Crippen LogP contribution in [0.4, 0.5) is 0 Å². The van der Waals surface area contributed by atoms with Crippen LogP contribution in [0.15, 0.2) is 18.3 Å². The van der Waals surface area contributed by atoms with Crippen molar-refractivity contribution in [2.45, 2.75) is 38.5 Å². The molecule has 0 saturated carbocycles. The lowest BCUT2D eigenvalue weighted by Gasteiger charge is -2.39. The number of piperidine rings is 2. The zero-order valence-electron chi connectivity index (χ0n) is 17.2. The van der Waals surface area contributed by atoms with Crippen LogP contribution in [-0.2, 0) is 11.2 Å². The summed E-state index contributed by atoms with van der Waals surface area (Å²) >= 11 is 0. The van der Waals surface area contributed by atoms with Gasteiger partial charge in [0.1, 0.15) is 0 Å². The standard InChI is InChI=1S/C22H31N5O2/c1-26-8-4-16(5-9-26)17-6-10-27(11-7-17)20(28)3-2-15-12-18-14-24-25-21(18)19(13-15)22(23)29/h12-14,16-17H,2-11H2,1H3,(H2,23,29)(H,24,25). The first-order valence-corrected chi connectivity index (χ1v) is 10.7. The minimum Gasteiger partial charge on any atom is -0.366 e. The lowest BCUT2D eigenvalue weighted by Crippen LogP contribution is -2.42. The maximum atomic E-state index is 12.7. The number of carbonyl (C=O) groups excluding carboxylic acids is 2. The highest BCUT2D eigenvalue weighted by molar-refractivity contribution is 6.04. The van der Waals surface area contributed by atoms with Crippen LogP contribution in [0.2, 0.25) is 0 Å². The molecule has 1 aromatic carbocycles. The van der Waals surface area contributed by atoms with Crippen LogP contribution in [-0.4, -0.2) is 65.0 Å². The summed E-state index contributed by atoms with van der Waals surface area (Å²) in [6.45, 7) is 4.17. The van der Waals surface area contributed by atoms with E-state index in [1.54, 1.807) is 12.3 Å². The van der Waals surface area contributed by atoms with Crippen molar-refractivity contribution in [3.63, 3.8) is 0 Å². The summed E-state index contributed by atoms with van der Waals surface area (Å²) in [5.74, 6) is 1.33. The van der Waals surface area contributed by atoms with E-state index in [0.29, 0.717) is 23.9 Å². The van der Waals surface area contributed by atoms with Crippen LogP contribution in [0.1, 0.15) is 48.0 Å². The van der Waals surface area contributed by atoms with E-state index in [1.165, 1.54) is 25.9 Å². The van der Waals surface area contributed by atoms with Crippen molar-refractivity contribution in [1.29, 1.82) is 0 Å². The predicted molar refractivity (Wildman–Crippen MR) is 112 cm³/mol. The third-order valence-electron chi connectivity index (χ3n) is 6.82. The Hall–Kier alpha value is -2.41.